The van der Waals surface area contributed by atoms with Crippen LogP contribution >= 0.6 is 11.3 Å². The molecule has 1 N–H and O–H groups in total. The molecule has 0 unspecified atom stereocenters. The van der Waals surface area contributed by atoms with E-state index in [1.807, 2.05) is 6.07 Å². The molecule has 7 heteroatoms. The lowest BCUT2D eigenvalue weighted by atomic mass is 10.0. The fraction of sp³-hybridized carbons (Fsp3) is 0.375. The van der Waals surface area contributed by atoms with Gasteiger partial charge >= 0.3 is 0 Å². The summed E-state index contributed by atoms with van der Waals surface area (Å²) in [6, 6.07) is 6.46. The van der Waals surface area contributed by atoms with Crippen LogP contribution in [0, 0.1) is 5.82 Å². The van der Waals surface area contributed by atoms with Crippen LogP contribution in [0.5, 0.6) is 5.88 Å². The zero-order valence-electron chi connectivity index (χ0n) is 12.5. The van der Waals surface area contributed by atoms with Crippen molar-refractivity contribution in [3.8, 4) is 5.88 Å². The molecule has 0 aliphatic carbocycles. The lowest BCUT2D eigenvalue weighted by Gasteiger charge is -2.34. The topological polar surface area (TPSA) is 53.7 Å². The van der Waals surface area contributed by atoms with Gasteiger partial charge in [0.1, 0.15) is 12.1 Å². The summed E-state index contributed by atoms with van der Waals surface area (Å²) in [6.45, 7) is 1.88. The molecule has 120 valence electrons. The average Bonchev–Trinajstić information content (AvgIpc) is 3.13. The summed E-state index contributed by atoms with van der Waals surface area (Å²) >= 11 is 1.41. The van der Waals surface area contributed by atoms with Crippen molar-refractivity contribution >= 4 is 16.3 Å². The van der Waals surface area contributed by atoms with Crippen molar-refractivity contribution in [2.75, 3.05) is 13.1 Å². The standard InChI is InChI=1S/C16H17FN4OS/c17-12-6-4-5-11(9-12)13(20-7-2-1-3-8-20)14-15(22)21-16(23-14)18-10-19-21/h4-6,9-10,13,22H,1-3,7-8H2/t13-/m0/s1. The van der Waals surface area contributed by atoms with Gasteiger partial charge in [0.15, 0.2) is 0 Å². The zero-order valence-corrected chi connectivity index (χ0v) is 13.3. The highest BCUT2D eigenvalue weighted by Crippen LogP contribution is 2.40. The summed E-state index contributed by atoms with van der Waals surface area (Å²) in [5, 5.41) is 14.6. The van der Waals surface area contributed by atoms with Crippen LogP contribution in [0.2, 0.25) is 0 Å². The van der Waals surface area contributed by atoms with E-state index < -0.39 is 0 Å². The predicted molar refractivity (Wildman–Crippen MR) is 86.2 cm³/mol. The summed E-state index contributed by atoms with van der Waals surface area (Å²) in [4.78, 5) is 7.89. The van der Waals surface area contributed by atoms with Gasteiger partial charge in [-0.25, -0.2) is 9.37 Å². The minimum Gasteiger partial charge on any atom is -0.492 e. The molecule has 1 aliphatic rings. The van der Waals surface area contributed by atoms with Crippen LogP contribution in [0.3, 0.4) is 0 Å². The Hall–Kier alpha value is -1.99. The second-order valence-corrected chi connectivity index (χ2v) is 6.81. The van der Waals surface area contributed by atoms with E-state index in [9.17, 15) is 9.50 Å². The van der Waals surface area contributed by atoms with Gasteiger partial charge in [-0.3, -0.25) is 4.90 Å². The Labute approximate surface area is 137 Å². The Morgan fingerprint density at radius 3 is 2.78 bits per heavy atom. The number of hydrogen-bond donors (Lipinski definition) is 1. The lowest BCUT2D eigenvalue weighted by molar-refractivity contribution is 0.186. The van der Waals surface area contributed by atoms with Gasteiger partial charge in [0, 0.05) is 0 Å². The molecule has 1 fully saturated rings. The van der Waals surface area contributed by atoms with Crippen LogP contribution in [0.25, 0.3) is 4.96 Å². The Morgan fingerprint density at radius 1 is 1.22 bits per heavy atom. The minimum absolute atomic E-state index is 0.0994. The molecule has 0 bridgehead atoms. The number of aromatic nitrogens is 3. The van der Waals surface area contributed by atoms with Crippen LogP contribution in [0.15, 0.2) is 30.6 Å². The van der Waals surface area contributed by atoms with Crippen molar-refractivity contribution in [2.45, 2.75) is 25.3 Å². The molecule has 1 saturated heterocycles. The molecule has 0 amide bonds. The maximum Gasteiger partial charge on any atom is 0.230 e. The van der Waals surface area contributed by atoms with E-state index in [4.69, 9.17) is 0 Å². The monoisotopic (exact) mass is 332 g/mol. The largest absolute Gasteiger partial charge is 0.492 e. The van der Waals surface area contributed by atoms with Crippen LogP contribution < -0.4 is 0 Å². The highest BCUT2D eigenvalue weighted by atomic mass is 32.1. The first kappa shape index (κ1) is 14.6. The number of aromatic hydroxyl groups is 1. The van der Waals surface area contributed by atoms with Crippen molar-refractivity contribution in [1.29, 1.82) is 0 Å². The first-order valence-corrected chi connectivity index (χ1v) is 8.56. The summed E-state index contributed by atoms with van der Waals surface area (Å²) < 4.78 is 15.2. The van der Waals surface area contributed by atoms with Crippen molar-refractivity contribution in [2.24, 2.45) is 0 Å². The summed E-state index contributed by atoms with van der Waals surface area (Å²) in [5.41, 5.74) is 0.853. The van der Waals surface area contributed by atoms with E-state index in [-0.39, 0.29) is 17.7 Å². The lowest BCUT2D eigenvalue weighted by Crippen LogP contribution is -2.34. The molecular formula is C16H17FN4OS. The van der Waals surface area contributed by atoms with Gasteiger partial charge in [-0.1, -0.05) is 29.9 Å². The molecule has 0 radical (unpaired) electrons. The van der Waals surface area contributed by atoms with E-state index in [0.29, 0.717) is 4.96 Å². The van der Waals surface area contributed by atoms with Crippen molar-refractivity contribution in [3.05, 3.63) is 46.9 Å². The van der Waals surface area contributed by atoms with E-state index in [0.717, 1.165) is 36.4 Å². The highest BCUT2D eigenvalue weighted by Gasteiger charge is 2.30. The third-order valence-corrected chi connectivity index (χ3v) is 5.39. The van der Waals surface area contributed by atoms with Gasteiger partial charge < -0.3 is 5.11 Å². The highest BCUT2D eigenvalue weighted by molar-refractivity contribution is 7.17. The fourth-order valence-electron chi connectivity index (χ4n) is 3.25. The van der Waals surface area contributed by atoms with Gasteiger partial charge in [-0.2, -0.15) is 9.61 Å². The Bertz CT molecular complexity index is 824. The molecule has 0 saturated carbocycles. The van der Waals surface area contributed by atoms with Gasteiger partial charge in [0.25, 0.3) is 0 Å². The van der Waals surface area contributed by atoms with Gasteiger partial charge in [0.2, 0.25) is 10.8 Å². The van der Waals surface area contributed by atoms with Crippen molar-refractivity contribution in [3.63, 3.8) is 0 Å². The molecule has 1 aliphatic heterocycles. The van der Waals surface area contributed by atoms with E-state index >= 15 is 0 Å². The molecule has 2 aromatic heterocycles. The Morgan fingerprint density at radius 2 is 2.04 bits per heavy atom. The molecule has 23 heavy (non-hydrogen) atoms. The molecule has 5 nitrogen and oxygen atoms in total. The van der Waals surface area contributed by atoms with Gasteiger partial charge in [-0.05, 0) is 43.6 Å². The molecule has 3 aromatic rings. The number of piperidine rings is 1. The summed E-state index contributed by atoms with van der Waals surface area (Å²) in [7, 11) is 0. The third-order valence-electron chi connectivity index (χ3n) is 4.31. The number of thiazole rings is 1. The second-order valence-electron chi connectivity index (χ2n) is 5.80. The first-order chi connectivity index (χ1) is 11.2. The molecule has 4 rings (SSSR count). The molecular weight excluding hydrogens is 315 g/mol. The number of likely N-dealkylation sites (tertiary alicyclic amines) is 1. The number of rotatable bonds is 3. The average molecular weight is 332 g/mol. The Kier molecular flexibility index (Phi) is 3.74. The summed E-state index contributed by atoms with van der Waals surface area (Å²) in [6.07, 6.45) is 4.88. The quantitative estimate of drug-likeness (QED) is 0.800. The fourth-order valence-corrected chi connectivity index (χ4v) is 4.34. The number of fused-ring (bicyclic) bond motifs is 1. The van der Waals surface area contributed by atoms with Crippen molar-refractivity contribution in [1.82, 2.24) is 19.5 Å². The van der Waals surface area contributed by atoms with Crippen LogP contribution in [0.1, 0.15) is 35.7 Å². The van der Waals surface area contributed by atoms with E-state index in [1.165, 1.54) is 34.7 Å². The summed E-state index contributed by atoms with van der Waals surface area (Å²) in [5.74, 6) is -0.161. The Balaban J connectivity index is 1.83. The smallest absolute Gasteiger partial charge is 0.230 e. The number of nitrogens with zero attached hydrogens (tertiary/aromatic N) is 4. The normalized spacial score (nSPS) is 17.6. The minimum atomic E-state index is -0.261. The number of benzene rings is 1. The van der Waals surface area contributed by atoms with Crippen molar-refractivity contribution < 1.29 is 9.50 Å². The zero-order chi connectivity index (χ0) is 15.8. The number of halogens is 1. The maximum atomic E-state index is 13.7. The maximum absolute atomic E-state index is 13.7. The molecule has 3 heterocycles. The third kappa shape index (κ3) is 2.60. The molecule has 1 atom stereocenters. The van der Waals surface area contributed by atoms with Crippen LogP contribution in [-0.4, -0.2) is 37.7 Å². The van der Waals surface area contributed by atoms with Crippen LogP contribution in [-0.2, 0) is 0 Å². The number of hydrogen-bond acceptors (Lipinski definition) is 5. The van der Waals surface area contributed by atoms with Crippen LogP contribution in [0.4, 0.5) is 4.39 Å². The SMILES string of the molecule is Oc1c([C@H](c2cccc(F)c2)N2CCCCC2)sc2ncnn12. The first-order valence-electron chi connectivity index (χ1n) is 7.75. The molecule has 1 aromatic carbocycles. The second kappa shape index (κ2) is 5.90. The van der Waals surface area contributed by atoms with Gasteiger partial charge in [0.05, 0.1) is 10.9 Å². The van der Waals surface area contributed by atoms with E-state index in [1.54, 1.807) is 12.1 Å². The predicted octanol–water partition coefficient (Wildman–Crippen LogP) is 3.21. The van der Waals surface area contributed by atoms with E-state index in [2.05, 4.69) is 15.0 Å². The van der Waals surface area contributed by atoms with Gasteiger partial charge in [-0.15, -0.1) is 0 Å². The molecule has 0 spiro atoms.